The van der Waals surface area contributed by atoms with Crippen molar-refractivity contribution in [2.24, 2.45) is 0 Å². The van der Waals surface area contributed by atoms with Crippen molar-refractivity contribution in [3.05, 3.63) is 58.7 Å². The minimum atomic E-state index is -0.0845. The Morgan fingerprint density at radius 1 is 0.690 bits per heavy atom. The molecule has 0 saturated carbocycles. The molecule has 0 saturated heterocycles. The molecule has 4 nitrogen and oxygen atoms in total. The third kappa shape index (κ3) is 5.12. The Bertz CT molecular complexity index is 704. The van der Waals surface area contributed by atoms with Crippen molar-refractivity contribution in [1.29, 1.82) is 0 Å². The van der Waals surface area contributed by atoms with Crippen LogP contribution in [0.15, 0.2) is 36.4 Å². The SMILES string of the molecule is CCc1cc(C(CC)(CC)c2ccc(OCCO)c(CC)c2)ccc1OCCO. The van der Waals surface area contributed by atoms with Crippen molar-refractivity contribution < 1.29 is 19.7 Å². The lowest BCUT2D eigenvalue weighted by molar-refractivity contribution is 0.200. The van der Waals surface area contributed by atoms with Gasteiger partial charge in [-0.3, -0.25) is 0 Å². The van der Waals surface area contributed by atoms with Gasteiger partial charge in [-0.1, -0.05) is 52.0 Å². The van der Waals surface area contributed by atoms with E-state index >= 15 is 0 Å². The van der Waals surface area contributed by atoms with Crippen molar-refractivity contribution in [2.75, 3.05) is 26.4 Å². The number of aliphatic hydroxyl groups is 2. The van der Waals surface area contributed by atoms with Crippen LogP contribution in [0.25, 0.3) is 0 Å². The van der Waals surface area contributed by atoms with E-state index in [9.17, 15) is 0 Å². The third-order valence-corrected chi connectivity index (χ3v) is 5.89. The predicted molar refractivity (Wildman–Crippen MR) is 118 cm³/mol. The van der Waals surface area contributed by atoms with Crippen LogP contribution in [-0.4, -0.2) is 36.6 Å². The fourth-order valence-corrected chi connectivity index (χ4v) is 4.13. The lowest BCUT2D eigenvalue weighted by atomic mass is 9.70. The summed E-state index contributed by atoms with van der Waals surface area (Å²) in [6.45, 7) is 9.41. The number of hydrogen-bond acceptors (Lipinski definition) is 4. The minimum Gasteiger partial charge on any atom is -0.491 e. The summed E-state index contributed by atoms with van der Waals surface area (Å²) in [6.07, 6.45) is 3.74. The smallest absolute Gasteiger partial charge is 0.122 e. The molecule has 4 heteroatoms. The van der Waals surface area contributed by atoms with E-state index in [1.54, 1.807) is 0 Å². The summed E-state index contributed by atoms with van der Waals surface area (Å²) < 4.78 is 11.4. The van der Waals surface area contributed by atoms with Crippen molar-refractivity contribution in [1.82, 2.24) is 0 Å². The van der Waals surface area contributed by atoms with Gasteiger partial charge in [0.25, 0.3) is 0 Å². The molecule has 29 heavy (non-hydrogen) atoms. The highest BCUT2D eigenvalue weighted by Crippen LogP contribution is 2.42. The summed E-state index contributed by atoms with van der Waals surface area (Å²) in [6, 6.07) is 13.0. The summed E-state index contributed by atoms with van der Waals surface area (Å²) >= 11 is 0. The number of aliphatic hydroxyl groups excluding tert-OH is 2. The number of ether oxygens (including phenoxy) is 2. The molecule has 2 aromatic rings. The zero-order chi connectivity index (χ0) is 21.3. The molecule has 160 valence electrons. The predicted octanol–water partition coefficient (Wildman–Crippen LogP) is 4.66. The van der Waals surface area contributed by atoms with Gasteiger partial charge in [0.1, 0.15) is 24.7 Å². The summed E-state index contributed by atoms with van der Waals surface area (Å²) in [5.74, 6) is 1.71. The summed E-state index contributed by atoms with van der Waals surface area (Å²) in [7, 11) is 0. The lowest BCUT2D eigenvalue weighted by Crippen LogP contribution is -2.26. The molecule has 2 rings (SSSR count). The van der Waals surface area contributed by atoms with Crippen molar-refractivity contribution in [2.45, 2.75) is 58.8 Å². The molecule has 0 unspecified atom stereocenters. The van der Waals surface area contributed by atoms with Gasteiger partial charge in [-0.15, -0.1) is 0 Å². The first-order valence-electron chi connectivity index (χ1n) is 10.8. The van der Waals surface area contributed by atoms with E-state index in [4.69, 9.17) is 19.7 Å². The second-order valence-electron chi connectivity index (χ2n) is 7.29. The van der Waals surface area contributed by atoms with Crippen LogP contribution in [0.3, 0.4) is 0 Å². The summed E-state index contributed by atoms with van der Waals surface area (Å²) in [5, 5.41) is 18.2. The average molecular weight is 401 g/mol. The van der Waals surface area contributed by atoms with Crippen LogP contribution in [0.1, 0.15) is 62.8 Å². The van der Waals surface area contributed by atoms with E-state index in [-0.39, 0.29) is 18.6 Å². The molecule has 0 aromatic heterocycles. The fourth-order valence-electron chi connectivity index (χ4n) is 4.13. The molecule has 0 aliphatic heterocycles. The number of hydrogen-bond donors (Lipinski definition) is 2. The van der Waals surface area contributed by atoms with Crippen LogP contribution in [0.2, 0.25) is 0 Å². The topological polar surface area (TPSA) is 58.9 Å². The Kier molecular flexibility index (Phi) is 8.99. The van der Waals surface area contributed by atoms with E-state index in [1.807, 2.05) is 12.1 Å². The van der Waals surface area contributed by atoms with E-state index in [1.165, 1.54) is 22.3 Å². The Morgan fingerprint density at radius 3 is 1.41 bits per heavy atom. The highest BCUT2D eigenvalue weighted by molar-refractivity contribution is 5.48. The molecule has 0 aliphatic carbocycles. The average Bonchev–Trinajstić information content (AvgIpc) is 2.77. The van der Waals surface area contributed by atoms with Gasteiger partial charge >= 0.3 is 0 Å². The molecule has 0 amide bonds. The van der Waals surface area contributed by atoms with Gasteiger partial charge in [0.05, 0.1) is 13.2 Å². The molecule has 0 spiro atoms. The van der Waals surface area contributed by atoms with Crippen LogP contribution in [0.4, 0.5) is 0 Å². The minimum absolute atomic E-state index is 0.0171. The number of benzene rings is 2. The first kappa shape index (κ1) is 23.2. The first-order chi connectivity index (χ1) is 14.1. The van der Waals surface area contributed by atoms with Crippen LogP contribution >= 0.6 is 0 Å². The second kappa shape index (κ2) is 11.2. The zero-order valence-corrected chi connectivity index (χ0v) is 18.3. The van der Waals surface area contributed by atoms with E-state index in [0.29, 0.717) is 13.2 Å². The van der Waals surface area contributed by atoms with Crippen LogP contribution in [-0.2, 0) is 18.3 Å². The fraction of sp³-hybridized carbons (Fsp3) is 0.520. The van der Waals surface area contributed by atoms with E-state index in [0.717, 1.165) is 37.2 Å². The van der Waals surface area contributed by atoms with Gasteiger partial charge in [-0.2, -0.15) is 0 Å². The van der Waals surface area contributed by atoms with Crippen LogP contribution < -0.4 is 9.47 Å². The van der Waals surface area contributed by atoms with Gasteiger partial charge in [-0.05, 0) is 60.1 Å². The zero-order valence-electron chi connectivity index (χ0n) is 18.3. The van der Waals surface area contributed by atoms with Gasteiger partial charge < -0.3 is 19.7 Å². The summed E-state index contributed by atoms with van der Waals surface area (Å²) in [4.78, 5) is 0. The maximum Gasteiger partial charge on any atom is 0.122 e. The monoisotopic (exact) mass is 400 g/mol. The molecule has 0 aliphatic rings. The molecule has 0 radical (unpaired) electrons. The Morgan fingerprint density at radius 2 is 1.10 bits per heavy atom. The highest BCUT2D eigenvalue weighted by atomic mass is 16.5. The van der Waals surface area contributed by atoms with Gasteiger partial charge in [0, 0.05) is 5.41 Å². The Hall–Kier alpha value is -2.04. The van der Waals surface area contributed by atoms with Crippen LogP contribution in [0, 0.1) is 0 Å². The third-order valence-electron chi connectivity index (χ3n) is 5.89. The molecular formula is C25H36O4. The molecular weight excluding hydrogens is 364 g/mol. The van der Waals surface area contributed by atoms with Crippen LogP contribution in [0.5, 0.6) is 11.5 Å². The largest absolute Gasteiger partial charge is 0.491 e. The number of aryl methyl sites for hydroxylation is 2. The molecule has 2 N–H and O–H groups in total. The van der Waals surface area contributed by atoms with Gasteiger partial charge in [-0.25, -0.2) is 0 Å². The van der Waals surface area contributed by atoms with Gasteiger partial charge in [0.15, 0.2) is 0 Å². The molecule has 0 fully saturated rings. The Labute approximate surface area is 175 Å². The van der Waals surface area contributed by atoms with Gasteiger partial charge in [0.2, 0.25) is 0 Å². The number of rotatable bonds is 12. The maximum atomic E-state index is 9.08. The Balaban J connectivity index is 2.51. The van der Waals surface area contributed by atoms with E-state index < -0.39 is 0 Å². The van der Waals surface area contributed by atoms with E-state index in [2.05, 4.69) is 52.0 Å². The second-order valence-corrected chi connectivity index (χ2v) is 7.29. The first-order valence-corrected chi connectivity index (χ1v) is 10.8. The van der Waals surface area contributed by atoms with Crippen molar-refractivity contribution in [3.63, 3.8) is 0 Å². The van der Waals surface area contributed by atoms with Crippen molar-refractivity contribution in [3.8, 4) is 11.5 Å². The maximum absolute atomic E-state index is 9.08. The quantitative estimate of drug-likeness (QED) is 0.544. The standard InChI is InChI=1S/C25H36O4/c1-5-19-17-21(9-11-23(19)28-15-13-26)25(7-3,8-4)22-10-12-24(29-16-14-27)20(6-2)18-22/h9-12,17-18,26-27H,5-8,13-16H2,1-4H3. The molecule has 2 aromatic carbocycles. The molecule has 0 atom stereocenters. The summed E-state index contributed by atoms with van der Waals surface area (Å²) in [5.41, 5.74) is 4.84. The highest BCUT2D eigenvalue weighted by Gasteiger charge is 2.32. The molecule has 0 bridgehead atoms. The lowest BCUT2D eigenvalue weighted by Gasteiger charge is -2.34. The van der Waals surface area contributed by atoms with Crippen molar-refractivity contribution >= 4 is 0 Å². The normalized spacial score (nSPS) is 11.5. The molecule has 0 heterocycles.